The van der Waals surface area contributed by atoms with Crippen LogP contribution >= 0.6 is 11.6 Å². The van der Waals surface area contributed by atoms with Gasteiger partial charge >= 0.3 is 0 Å². The van der Waals surface area contributed by atoms with Crippen LogP contribution in [0.25, 0.3) is 0 Å². The molecule has 2 nitrogen and oxygen atoms in total. The molecular formula is C13H14ClNO. The highest BCUT2D eigenvalue weighted by Gasteiger charge is 2.03. The van der Waals surface area contributed by atoms with Crippen molar-refractivity contribution >= 4 is 17.8 Å². The van der Waals surface area contributed by atoms with Crippen molar-refractivity contribution in [2.24, 2.45) is 5.16 Å². The summed E-state index contributed by atoms with van der Waals surface area (Å²) < 4.78 is 0. The van der Waals surface area contributed by atoms with Gasteiger partial charge in [0, 0.05) is 11.4 Å². The Bertz CT molecular complexity index is 412. The highest BCUT2D eigenvalue weighted by atomic mass is 35.5. The van der Waals surface area contributed by atoms with E-state index in [-0.39, 0.29) is 0 Å². The minimum Gasteiger partial charge on any atom is -0.362 e. The molecule has 0 atom stereocenters. The lowest BCUT2D eigenvalue weighted by Gasteiger charge is -2.08. The maximum atomic E-state index is 5.86. The normalized spacial score (nSPS) is 16.2. The molecule has 0 radical (unpaired) electrons. The van der Waals surface area contributed by atoms with Gasteiger partial charge in [-0.2, -0.15) is 0 Å². The zero-order chi connectivity index (χ0) is 11.2. The fourth-order valence-electron chi connectivity index (χ4n) is 1.63. The van der Waals surface area contributed by atoms with E-state index in [1.165, 1.54) is 12.8 Å². The Labute approximate surface area is 101 Å². The Hall–Kier alpha value is -1.28. The molecule has 0 heterocycles. The third-order valence-electron chi connectivity index (χ3n) is 2.47. The molecule has 0 amide bonds. The van der Waals surface area contributed by atoms with Crippen LogP contribution in [0.3, 0.4) is 0 Å². The zero-order valence-corrected chi connectivity index (χ0v) is 9.78. The van der Waals surface area contributed by atoms with Gasteiger partial charge in [0.15, 0.2) is 0 Å². The minimum absolute atomic E-state index is 0.709. The fraction of sp³-hybridized carbons (Fsp3) is 0.308. The highest BCUT2D eigenvalue weighted by molar-refractivity contribution is 6.30. The van der Waals surface area contributed by atoms with Crippen LogP contribution in [-0.4, -0.2) is 6.21 Å². The molecule has 1 aromatic rings. The average molecular weight is 236 g/mol. The van der Waals surface area contributed by atoms with Gasteiger partial charge in [0.1, 0.15) is 5.76 Å². The van der Waals surface area contributed by atoms with Gasteiger partial charge in [0.05, 0.1) is 6.21 Å². The lowest BCUT2D eigenvalue weighted by atomic mass is 10.1. The predicted molar refractivity (Wildman–Crippen MR) is 66.7 cm³/mol. The summed E-state index contributed by atoms with van der Waals surface area (Å²) in [4.78, 5) is 5.31. The van der Waals surface area contributed by atoms with Crippen LogP contribution < -0.4 is 0 Å². The first-order valence-electron chi connectivity index (χ1n) is 5.49. The second kappa shape index (κ2) is 5.71. The maximum absolute atomic E-state index is 5.86. The molecule has 84 valence electrons. The summed E-state index contributed by atoms with van der Waals surface area (Å²) in [5.74, 6) is 0.976. The Morgan fingerprint density at radius 2 is 2.25 bits per heavy atom. The third kappa shape index (κ3) is 3.38. The van der Waals surface area contributed by atoms with Crippen molar-refractivity contribution < 1.29 is 4.84 Å². The molecule has 0 saturated carbocycles. The van der Waals surface area contributed by atoms with Crippen LogP contribution in [-0.2, 0) is 4.84 Å². The molecule has 0 saturated heterocycles. The average Bonchev–Trinajstić information content (AvgIpc) is 2.30. The molecule has 1 aromatic carbocycles. The van der Waals surface area contributed by atoms with Gasteiger partial charge in [-0.05, 0) is 43.0 Å². The molecule has 3 heteroatoms. The topological polar surface area (TPSA) is 21.6 Å². The van der Waals surface area contributed by atoms with Crippen molar-refractivity contribution in [1.29, 1.82) is 0 Å². The van der Waals surface area contributed by atoms with Crippen LogP contribution in [0.1, 0.15) is 31.2 Å². The first-order chi connectivity index (χ1) is 7.84. The lowest BCUT2D eigenvalue weighted by Crippen LogP contribution is -1.93. The van der Waals surface area contributed by atoms with Gasteiger partial charge < -0.3 is 4.84 Å². The van der Waals surface area contributed by atoms with Crippen molar-refractivity contribution in [2.45, 2.75) is 25.7 Å². The maximum Gasteiger partial charge on any atom is 0.131 e. The lowest BCUT2D eigenvalue weighted by molar-refractivity contribution is 0.210. The van der Waals surface area contributed by atoms with Crippen molar-refractivity contribution in [2.75, 3.05) is 0 Å². The Kier molecular flexibility index (Phi) is 4.00. The molecule has 0 N–H and O–H groups in total. The number of oxime groups is 1. The van der Waals surface area contributed by atoms with Crippen LogP contribution in [0.5, 0.6) is 0 Å². The Morgan fingerprint density at radius 3 is 3.00 bits per heavy atom. The summed E-state index contributed by atoms with van der Waals surface area (Å²) in [5.41, 5.74) is 0.948. The second-order valence-corrected chi connectivity index (χ2v) is 4.23. The van der Waals surface area contributed by atoms with E-state index in [9.17, 15) is 0 Å². The number of hydrogen-bond donors (Lipinski definition) is 0. The predicted octanol–water partition coefficient (Wildman–Crippen LogP) is 4.15. The largest absolute Gasteiger partial charge is 0.362 e. The van der Waals surface area contributed by atoms with Gasteiger partial charge in [-0.1, -0.05) is 28.9 Å². The van der Waals surface area contributed by atoms with Gasteiger partial charge in [0.2, 0.25) is 0 Å². The number of rotatable bonds is 3. The van der Waals surface area contributed by atoms with Crippen molar-refractivity contribution in [3.8, 4) is 0 Å². The molecule has 16 heavy (non-hydrogen) atoms. The molecule has 0 unspecified atom stereocenters. The van der Waals surface area contributed by atoms with Crippen molar-refractivity contribution in [1.82, 2.24) is 0 Å². The van der Waals surface area contributed by atoms with Crippen LogP contribution in [0.4, 0.5) is 0 Å². The summed E-state index contributed by atoms with van der Waals surface area (Å²) in [7, 11) is 0. The van der Waals surface area contributed by atoms with Crippen molar-refractivity contribution in [3.63, 3.8) is 0 Å². The molecule has 0 aromatic heterocycles. The molecule has 0 bridgehead atoms. The van der Waals surface area contributed by atoms with Crippen LogP contribution in [0.15, 0.2) is 41.3 Å². The van der Waals surface area contributed by atoms with E-state index >= 15 is 0 Å². The van der Waals surface area contributed by atoms with Crippen LogP contribution in [0.2, 0.25) is 5.02 Å². The van der Waals surface area contributed by atoms with E-state index < -0.39 is 0 Å². The molecule has 0 fully saturated rings. The molecule has 0 spiro atoms. The van der Waals surface area contributed by atoms with Crippen LogP contribution in [0, 0.1) is 0 Å². The zero-order valence-electron chi connectivity index (χ0n) is 9.03. The number of hydrogen-bond acceptors (Lipinski definition) is 2. The number of nitrogens with zero attached hydrogens (tertiary/aromatic N) is 1. The standard InChI is InChI=1S/C13H14ClNO/c14-12-6-4-5-11(9-12)10-15-16-13-7-2-1-3-8-13/h4-7,9-10H,1-3,8H2. The smallest absolute Gasteiger partial charge is 0.131 e. The van der Waals surface area contributed by atoms with E-state index in [0.717, 1.165) is 24.2 Å². The second-order valence-electron chi connectivity index (χ2n) is 3.80. The molecule has 1 aliphatic rings. The number of allylic oxidation sites excluding steroid dienone is 2. The summed E-state index contributed by atoms with van der Waals surface area (Å²) in [5, 5.41) is 4.66. The molecular weight excluding hydrogens is 222 g/mol. The summed E-state index contributed by atoms with van der Waals surface area (Å²) in [6, 6.07) is 7.52. The minimum atomic E-state index is 0.709. The molecule has 1 aliphatic carbocycles. The van der Waals surface area contributed by atoms with E-state index in [1.54, 1.807) is 6.21 Å². The highest BCUT2D eigenvalue weighted by Crippen LogP contribution is 2.18. The molecule has 2 rings (SSSR count). The van der Waals surface area contributed by atoms with E-state index in [4.69, 9.17) is 16.4 Å². The Morgan fingerprint density at radius 1 is 1.31 bits per heavy atom. The Balaban J connectivity index is 1.92. The van der Waals surface area contributed by atoms with Gasteiger partial charge in [-0.25, -0.2) is 0 Å². The van der Waals surface area contributed by atoms with E-state index in [0.29, 0.717) is 5.02 Å². The van der Waals surface area contributed by atoms with Crippen molar-refractivity contribution in [3.05, 3.63) is 46.7 Å². The summed E-state index contributed by atoms with van der Waals surface area (Å²) >= 11 is 5.86. The fourth-order valence-corrected chi connectivity index (χ4v) is 1.83. The number of halogens is 1. The summed E-state index contributed by atoms with van der Waals surface area (Å²) in [6.07, 6.45) is 8.33. The SMILES string of the molecule is Clc1cccc(C=NOC2=CCCCC2)c1. The quantitative estimate of drug-likeness (QED) is 0.570. The van der Waals surface area contributed by atoms with E-state index in [2.05, 4.69) is 11.2 Å². The van der Waals surface area contributed by atoms with Gasteiger partial charge in [-0.15, -0.1) is 0 Å². The van der Waals surface area contributed by atoms with Gasteiger partial charge in [0.25, 0.3) is 0 Å². The summed E-state index contributed by atoms with van der Waals surface area (Å²) in [6.45, 7) is 0. The first-order valence-corrected chi connectivity index (χ1v) is 5.87. The monoisotopic (exact) mass is 235 g/mol. The molecule has 0 aliphatic heterocycles. The third-order valence-corrected chi connectivity index (χ3v) is 2.70. The van der Waals surface area contributed by atoms with Gasteiger partial charge in [-0.3, -0.25) is 0 Å². The van der Waals surface area contributed by atoms with E-state index in [1.807, 2.05) is 24.3 Å². The number of benzene rings is 1. The first kappa shape index (κ1) is 11.2.